The summed E-state index contributed by atoms with van der Waals surface area (Å²) in [5.41, 5.74) is 2.17. The van der Waals surface area contributed by atoms with E-state index in [9.17, 15) is 5.11 Å². The lowest BCUT2D eigenvalue weighted by molar-refractivity contribution is 0.0302. The van der Waals surface area contributed by atoms with Crippen molar-refractivity contribution in [1.29, 1.82) is 0 Å². The third kappa shape index (κ3) is 4.45. The van der Waals surface area contributed by atoms with Crippen LogP contribution in [0.5, 0.6) is 0 Å². The molecule has 0 saturated carbocycles. The molecule has 1 fully saturated rings. The van der Waals surface area contributed by atoms with Crippen LogP contribution in [0.15, 0.2) is 28.8 Å². The number of β-amino-alcohol motifs (C(OH)–C–C–N with tert-alkyl or cyclic N) is 1. The Kier molecular flexibility index (Phi) is 5.83. The summed E-state index contributed by atoms with van der Waals surface area (Å²) in [6.45, 7) is 10.4. The number of nitrogens with zero attached hydrogens (tertiary/aromatic N) is 4. The molecule has 0 bridgehead atoms. The van der Waals surface area contributed by atoms with E-state index in [1.807, 2.05) is 25.1 Å². The number of aromatic nitrogens is 2. The number of hydrogen-bond acceptors (Lipinski definition) is 6. The summed E-state index contributed by atoms with van der Waals surface area (Å²) in [7, 11) is 0. The van der Waals surface area contributed by atoms with Gasteiger partial charge < -0.3 is 9.63 Å². The topological polar surface area (TPSA) is 65.6 Å². The molecular formula is C19H28N4O2. The second kappa shape index (κ2) is 8.08. The summed E-state index contributed by atoms with van der Waals surface area (Å²) >= 11 is 0. The van der Waals surface area contributed by atoms with Gasteiger partial charge in [0.05, 0.1) is 12.6 Å². The molecule has 136 valence electrons. The van der Waals surface area contributed by atoms with E-state index in [4.69, 9.17) is 4.52 Å². The molecule has 2 atom stereocenters. The molecule has 3 rings (SSSR count). The van der Waals surface area contributed by atoms with Gasteiger partial charge in [-0.25, -0.2) is 0 Å². The first kappa shape index (κ1) is 18.0. The van der Waals surface area contributed by atoms with E-state index in [0.717, 1.165) is 43.7 Å². The van der Waals surface area contributed by atoms with E-state index in [1.54, 1.807) is 0 Å². The van der Waals surface area contributed by atoms with Crippen LogP contribution in [0.1, 0.15) is 31.7 Å². The Bertz CT molecular complexity index is 686. The lowest BCUT2D eigenvalue weighted by Gasteiger charge is -2.41. The van der Waals surface area contributed by atoms with E-state index in [1.165, 1.54) is 0 Å². The van der Waals surface area contributed by atoms with E-state index in [-0.39, 0.29) is 6.10 Å². The SMILES string of the molecule is CCC1CN(Cc2nc(-c3ccccc3C)no2)CCN1CC(C)O. The monoisotopic (exact) mass is 344 g/mol. The summed E-state index contributed by atoms with van der Waals surface area (Å²) in [6, 6.07) is 8.54. The molecule has 0 aliphatic carbocycles. The molecule has 0 amide bonds. The van der Waals surface area contributed by atoms with Crippen LogP contribution in [0, 0.1) is 6.92 Å². The van der Waals surface area contributed by atoms with Crippen LogP contribution in [0.25, 0.3) is 11.4 Å². The van der Waals surface area contributed by atoms with Crippen molar-refractivity contribution in [3.63, 3.8) is 0 Å². The number of benzene rings is 1. The van der Waals surface area contributed by atoms with E-state index < -0.39 is 0 Å². The number of aliphatic hydroxyl groups excluding tert-OH is 1. The zero-order chi connectivity index (χ0) is 17.8. The molecule has 0 spiro atoms. The van der Waals surface area contributed by atoms with Crippen molar-refractivity contribution in [1.82, 2.24) is 19.9 Å². The minimum absolute atomic E-state index is 0.284. The van der Waals surface area contributed by atoms with Crippen molar-refractivity contribution in [2.45, 2.75) is 45.9 Å². The minimum atomic E-state index is -0.284. The maximum atomic E-state index is 9.66. The first-order valence-electron chi connectivity index (χ1n) is 9.10. The Hall–Kier alpha value is -1.76. The molecule has 2 heterocycles. The van der Waals surface area contributed by atoms with Crippen molar-refractivity contribution in [3.05, 3.63) is 35.7 Å². The van der Waals surface area contributed by atoms with E-state index >= 15 is 0 Å². The Morgan fingerprint density at radius 3 is 2.84 bits per heavy atom. The zero-order valence-electron chi connectivity index (χ0n) is 15.4. The standard InChI is InChI=1S/C19H28N4O2/c1-4-16-12-22(9-10-23(16)11-15(3)24)13-18-20-19(21-25-18)17-8-6-5-7-14(17)2/h5-8,15-16,24H,4,9-13H2,1-3H3. The largest absolute Gasteiger partial charge is 0.392 e. The average molecular weight is 344 g/mol. The smallest absolute Gasteiger partial charge is 0.241 e. The first-order chi connectivity index (χ1) is 12.1. The zero-order valence-corrected chi connectivity index (χ0v) is 15.4. The van der Waals surface area contributed by atoms with Crippen LogP contribution in [0.2, 0.25) is 0 Å². The summed E-state index contributed by atoms with van der Waals surface area (Å²) in [6.07, 6.45) is 0.787. The number of piperazine rings is 1. The summed E-state index contributed by atoms with van der Waals surface area (Å²) < 4.78 is 5.48. The van der Waals surface area contributed by atoms with Crippen molar-refractivity contribution < 1.29 is 9.63 Å². The van der Waals surface area contributed by atoms with Gasteiger partial charge in [0.1, 0.15) is 0 Å². The van der Waals surface area contributed by atoms with Crippen LogP contribution in [-0.4, -0.2) is 63.4 Å². The lowest BCUT2D eigenvalue weighted by atomic mass is 10.1. The molecule has 1 saturated heterocycles. The second-order valence-corrected chi connectivity index (χ2v) is 6.97. The lowest BCUT2D eigenvalue weighted by Crippen LogP contribution is -2.54. The van der Waals surface area contributed by atoms with Crippen LogP contribution < -0.4 is 0 Å². The Balaban J connectivity index is 1.63. The molecule has 6 heteroatoms. The van der Waals surface area contributed by atoms with Crippen LogP contribution in [-0.2, 0) is 6.54 Å². The maximum absolute atomic E-state index is 9.66. The van der Waals surface area contributed by atoms with Crippen molar-refractivity contribution in [2.24, 2.45) is 0 Å². The highest BCUT2D eigenvalue weighted by Crippen LogP contribution is 2.21. The highest BCUT2D eigenvalue weighted by Gasteiger charge is 2.27. The molecule has 6 nitrogen and oxygen atoms in total. The number of hydrogen-bond donors (Lipinski definition) is 1. The average Bonchev–Trinajstić information content (AvgIpc) is 3.04. The molecule has 2 unspecified atom stereocenters. The fourth-order valence-electron chi connectivity index (χ4n) is 3.51. The van der Waals surface area contributed by atoms with Crippen LogP contribution >= 0.6 is 0 Å². The fraction of sp³-hybridized carbons (Fsp3) is 0.579. The van der Waals surface area contributed by atoms with Crippen molar-refractivity contribution >= 4 is 0 Å². The van der Waals surface area contributed by atoms with Gasteiger partial charge in [0.25, 0.3) is 0 Å². The fourth-order valence-corrected chi connectivity index (χ4v) is 3.51. The van der Waals surface area contributed by atoms with Gasteiger partial charge in [0.15, 0.2) is 0 Å². The van der Waals surface area contributed by atoms with E-state index in [0.29, 0.717) is 24.3 Å². The molecule has 2 aromatic rings. The summed E-state index contributed by atoms with van der Waals surface area (Å²) in [5, 5.41) is 13.8. The third-order valence-corrected chi connectivity index (χ3v) is 4.87. The van der Waals surface area contributed by atoms with Gasteiger partial charge in [-0.2, -0.15) is 4.98 Å². The van der Waals surface area contributed by atoms with Gasteiger partial charge in [-0.15, -0.1) is 0 Å². The molecule has 1 aromatic carbocycles. The molecule has 25 heavy (non-hydrogen) atoms. The van der Waals surface area contributed by atoms with Crippen LogP contribution in [0.3, 0.4) is 0 Å². The predicted molar refractivity (Wildman–Crippen MR) is 97.1 cm³/mol. The highest BCUT2D eigenvalue weighted by molar-refractivity contribution is 5.58. The van der Waals surface area contributed by atoms with Crippen molar-refractivity contribution in [3.8, 4) is 11.4 Å². The van der Waals surface area contributed by atoms with E-state index in [2.05, 4.69) is 39.9 Å². The second-order valence-electron chi connectivity index (χ2n) is 6.97. The minimum Gasteiger partial charge on any atom is -0.392 e. The molecule has 1 N–H and O–H groups in total. The molecule has 1 aliphatic heterocycles. The Morgan fingerprint density at radius 1 is 1.32 bits per heavy atom. The first-order valence-corrected chi connectivity index (χ1v) is 9.10. The molecular weight excluding hydrogens is 316 g/mol. The van der Waals surface area contributed by atoms with Gasteiger partial charge in [-0.05, 0) is 25.8 Å². The van der Waals surface area contributed by atoms with Gasteiger partial charge in [0, 0.05) is 37.8 Å². The quantitative estimate of drug-likeness (QED) is 0.867. The van der Waals surface area contributed by atoms with Crippen molar-refractivity contribution in [2.75, 3.05) is 26.2 Å². The summed E-state index contributed by atoms with van der Waals surface area (Å²) in [4.78, 5) is 9.33. The Morgan fingerprint density at radius 2 is 2.12 bits per heavy atom. The van der Waals surface area contributed by atoms with Gasteiger partial charge >= 0.3 is 0 Å². The normalized spacial score (nSPS) is 20.7. The number of aryl methyl sites for hydroxylation is 1. The van der Waals surface area contributed by atoms with Gasteiger partial charge in [0.2, 0.25) is 11.7 Å². The van der Waals surface area contributed by atoms with Gasteiger partial charge in [-0.3, -0.25) is 9.80 Å². The molecule has 1 aliphatic rings. The maximum Gasteiger partial charge on any atom is 0.241 e. The number of aliphatic hydroxyl groups is 1. The molecule has 1 aromatic heterocycles. The van der Waals surface area contributed by atoms with Crippen LogP contribution in [0.4, 0.5) is 0 Å². The number of rotatable bonds is 6. The van der Waals surface area contributed by atoms with Gasteiger partial charge in [-0.1, -0.05) is 36.3 Å². The summed E-state index contributed by atoms with van der Waals surface area (Å²) in [5.74, 6) is 1.32. The highest BCUT2D eigenvalue weighted by atomic mass is 16.5. The Labute approximate surface area is 149 Å². The molecule has 0 radical (unpaired) electrons. The predicted octanol–water partition coefficient (Wildman–Crippen LogP) is 2.32. The third-order valence-electron chi connectivity index (χ3n) is 4.87.